The van der Waals surface area contributed by atoms with E-state index >= 15 is 0 Å². The number of ether oxygens (including phenoxy) is 2. The van der Waals surface area contributed by atoms with Gasteiger partial charge in [0, 0.05) is 56.5 Å². The van der Waals surface area contributed by atoms with Crippen LogP contribution in [0.4, 0.5) is 5.69 Å². The molecule has 3 rings (SSSR count). The first kappa shape index (κ1) is 23.1. The molecule has 0 aliphatic carbocycles. The highest BCUT2D eigenvalue weighted by Gasteiger charge is 2.16. The summed E-state index contributed by atoms with van der Waals surface area (Å²) in [5, 5.41) is 0. The van der Waals surface area contributed by atoms with Crippen molar-refractivity contribution < 1.29 is 9.47 Å². The second-order valence-electron chi connectivity index (χ2n) is 6.75. The molecular weight excluding hydrogens is 443 g/mol. The SMILES string of the molecule is S=C(SCCN(CCSC(=S)N1CCOCC1)c1ccccc1)N1CCOCC1. The number of thioether (sulfide) groups is 2. The van der Waals surface area contributed by atoms with Crippen molar-refractivity contribution in [1.82, 2.24) is 9.80 Å². The van der Waals surface area contributed by atoms with Crippen LogP contribution in [0.25, 0.3) is 0 Å². The lowest BCUT2D eigenvalue weighted by Gasteiger charge is -2.30. The van der Waals surface area contributed by atoms with Gasteiger partial charge in [0.25, 0.3) is 0 Å². The van der Waals surface area contributed by atoms with E-state index in [1.807, 2.05) is 0 Å². The van der Waals surface area contributed by atoms with Gasteiger partial charge in [0.2, 0.25) is 0 Å². The molecule has 2 fully saturated rings. The molecular formula is C20H29N3O2S4. The number of hydrogen-bond donors (Lipinski definition) is 0. The minimum atomic E-state index is 0.775. The first-order chi connectivity index (χ1) is 14.2. The summed E-state index contributed by atoms with van der Waals surface area (Å²) in [5.41, 5.74) is 1.25. The Kier molecular flexibility index (Phi) is 10.3. The molecule has 0 amide bonds. The maximum Gasteiger partial charge on any atom is 0.136 e. The molecule has 0 radical (unpaired) electrons. The second-order valence-corrected chi connectivity index (χ2v) is 10.2. The summed E-state index contributed by atoms with van der Waals surface area (Å²) in [4.78, 5) is 6.95. The van der Waals surface area contributed by atoms with Crippen molar-refractivity contribution in [3.05, 3.63) is 30.3 Å². The van der Waals surface area contributed by atoms with Gasteiger partial charge >= 0.3 is 0 Å². The van der Waals surface area contributed by atoms with E-state index in [0.29, 0.717) is 0 Å². The maximum absolute atomic E-state index is 5.61. The number of thiocarbonyl (C=S) groups is 2. The molecule has 9 heteroatoms. The van der Waals surface area contributed by atoms with E-state index in [4.69, 9.17) is 33.9 Å². The van der Waals surface area contributed by atoms with Gasteiger partial charge in [-0.05, 0) is 12.1 Å². The third-order valence-corrected chi connectivity index (χ3v) is 7.84. The molecule has 2 saturated heterocycles. The van der Waals surface area contributed by atoms with E-state index in [-0.39, 0.29) is 0 Å². The summed E-state index contributed by atoms with van der Waals surface area (Å²) >= 11 is 14.8. The van der Waals surface area contributed by atoms with Crippen LogP contribution in [0.5, 0.6) is 0 Å². The van der Waals surface area contributed by atoms with Crippen LogP contribution in [0.2, 0.25) is 0 Å². The molecule has 0 spiro atoms. The maximum atomic E-state index is 5.61. The number of hydrogen-bond acceptors (Lipinski definition) is 7. The zero-order valence-corrected chi connectivity index (χ0v) is 19.9. The van der Waals surface area contributed by atoms with Crippen molar-refractivity contribution in [3.8, 4) is 0 Å². The van der Waals surface area contributed by atoms with Gasteiger partial charge in [-0.25, -0.2) is 0 Å². The Bertz CT molecular complexity index is 602. The van der Waals surface area contributed by atoms with Crippen LogP contribution >= 0.6 is 48.0 Å². The Balaban J connectivity index is 1.45. The van der Waals surface area contributed by atoms with Crippen LogP contribution in [-0.4, -0.2) is 95.6 Å². The summed E-state index contributed by atoms with van der Waals surface area (Å²) in [6, 6.07) is 10.6. The smallest absolute Gasteiger partial charge is 0.136 e. The average Bonchev–Trinajstić information content (AvgIpc) is 2.79. The molecule has 0 N–H and O–H groups in total. The van der Waals surface area contributed by atoms with Gasteiger partial charge in [-0.3, -0.25) is 0 Å². The molecule has 2 aliphatic rings. The summed E-state index contributed by atoms with van der Waals surface area (Å²) in [5.74, 6) is 1.95. The number of anilines is 1. The summed E-state index contributed by atoms with van der Waals surface area (Å²) in [6.45, 7) is 8.65. The number of benzene rings is 1. The number of nitrogens with zero attached hydrogens (tertiary/aromatic N) is 3. The molecule has 2 heterocycles. The van der Waals surface area contributed by atoms with Crippen LogP contribution in [-0.2, 0) is 9.47 Å². The van der Waals surface area contributed by atoms with E-state index in [1.54, 1.807) is 23.5 Å². The highest BCUT2D eigenvalue weighted by molar-refractivity contribution is 8.23. The minimum absolute atomic E-state index is 0.775. The van der Waals surface area contributed by atoms with Gasteiger partial charge in [-0.2, -0.15) is 0 Å². The first-order valence-corrected chi connectivity index (χ1v) is 12.8. The Hall–Kier alpha value is -0.580. The Labute approximate surface area is 193 Å². The zero-order chi connectivity index (χ0) is 20.3. The van der Waals surface area contributed by atoms with Crippen molar-refractivity contribution in [1.29, 1.82) is 0 Å². The quantitative estimate of drug-likeness (QED) is 0.556. The summed E-state index contributed by atoms with van der Waals surface area (Å²) in [6.07, 6.45) is 0. The van der Waals surface area contributed by atoms with E-state index in [0.717, 1.165) is 85.8 Å². The van der Waals surface area contributed by atoms with Crippen molar-refractivity contribution in [2.24, 2.45) is 0 Å². The van der Waals surface area contributed by atoms with Gasteiger partial charge in [-0.1, -0.05) is 66.2 Å². The minimum Gasteiger partial charge on any atom is -0.378 e. The predicted molar refractivity (Wildman–Crippen MR) is 134 cm³/mol. The van der Waals surface area contributed by atoms with Gasteiger partial charge in [-0.15, -0.1) is 0 Å². The lowest BCUT2D eigenvalue weighted by atomic mass is 10.3. The van der Waals surface area contributed by atoms with Gasteiger partial charge < -0.3 is 24.2 Å². The van der Waals surface area contributed by atoms with E-state index in [2.05, 4.69) is 45.0 Å². The van der Waals surface area contributed by atoms with Gasteiger partial charge in [0.1, 0.15) is 8.64 Å². The van der Waals surface area contributed by atoms with E-state index < -0.39 is 0 Å². The highest BCUT2D eigenvalue weighted by Crippen LogP contribution is 2.18. The molecule has 160 valence electrons. The van der Waals surface area contributed by atoms with Crippen LogP contribution < -0.4 is 4.90 Å². The van der Waals surface area contributed by atoms with Crippen LogP contribution in [0.15, 0.2) is 30.3 Å². The predicted octanol–water partition coefficient (Wildman–Crippen LogP) is 3.19. The van der Waals surface area contributed by atoms with Gasteiger partial charge in [0.15, 0.2) is 0 Å². The van der Waals surface area contributed by atoms with Crippen molar-refractivity contribution in [3.63, 3.8) is 0 Å². The molecule has 0 bridgehead atoms. The fourth-order valence-corrected chi connectivity index (χ4v) is 5.74. The molecule has 1 aromatic carbocycles. The Morgan fingerprint density at radius 1 is 0.793 bits per heavy atom. The number of morpholine rings is 2. The monoisotopic (exact) mass is 471 g/mol. The average molecular weight is 472 g/mol. The van der Waals surface area contributed by atoms with Crippen molar-refractivity contribution in [2.75, 3.05) is 82.1 Å². The Morgan fingerprint density at radius 3 is 1.69 bits per heavy atom. The molecule has 29 heavy (non-hydrogen) atoms. The normalized spacial score (nSPS) is 17.2. The molecule has 0 saturated carbocycles. The summed E-state index contributed by atoms with van der Waals surface area (Å²) < 4.78 is 12.8. The molecule has 5 nitrogen and oxygen atoms in total. The zero-order valence-electron chi connectivity index (χ0n) is 16.7. The number of para-hydroxylation sites is 1. The topological polar surface area (TPSA) is 28.2 Å². The first-order valence-electron chi connectivity index (χ1n) is 10.0. The Morgan fingerprint density at radius 2 is 1.24 bits per heavy atom. The fourth-order valence-electron chi connectivity index (χ4n) is 3.17. The lowest BCUT2D eigenvalue weighted by molar-refractivity contribution is 0.0702. The van der Waals surface area contributed by atoms with Gasteiger partial charge in [0.05, 0.1) is 26.4 Å². The van der Waals surface area contributed by atoms with Crippen molar-refractivity contribution in [2.45, 2.75) is 0 Å². The molecule has 2 aliphatic heterocycles. The number of rotatable bonds is 7. The molecule has 0 atom stereocenters. The second kappa shape index (κ2) is 13.0. The molecule has 0 unspecified atom stereocenters. The standard InChI is InChI=1S/C20H29N3O2S4/c26-19(22-6-12-24-13-7-22)28-16-10-21(18-4-2-1-3-5-18)11-17-29-20(27)23-8-14-25-15-9-23/h1-5H,6-17H2. The van der Waals surface area contributed by atoms with Crippen molar-refractivity contribution >= 4 is 62.3 Å². The molecule has 0 aromatic heterocycles. The molecule has 1 aromatic rings. The van der Waals surface area contributed by atoms with Crippen LogP contribution in [0.3, 0.4) is 0 Å². The van der Waals surface area contributed by atoms with Crippen LogP contribution in [0.1, 0.15) is 0 Å². The van der Waals surface area contributed by atoms with Crippen LogP contribution in [0, 0.1) is 0 Å². The third-order valence-electron chi connectivity index (χ3n) is 4.83. The van der Waals surface area contributed by atoms with E-state index in [1.165, 1.54) is 5.69 Å². The summed E-state index contributed by atoms with van der Waals surface area (Å²) in [7, 11) is 0. The fraction of sp³-hybridized carbons (Fsp3) is 0.600. The highest BCUT2D eigenvalue weighted by atomic mass is 32.2. The lowest BCUT2D eigenvalue weighted by Crippen LogP contribution is -2.39. The van der Waals surface area contributed by atoms with E-state index in [9.17, 15) is 0 Å². The largest absolute Gasteiger partial charge is 0.378 e. The third kappa shape index (κ3) is 7.88.